The lowest BCUT2D eigenvalue weighted by Crippen LogP contribution is -2.67. The zero-order valence-corrected chi connectivity index (χ0v) is 32.1. The topological polar surface area (TPSA) is 145 Å². The Hall–Kier alpha value is -5.79. The van der Waals surface area contributed by atoms with Gasteiger partial charge < -0.3 is 26.3 Å². The van der Waals surface area contributed by atoms with E-state index in [9.17, 15) is 36.7 Å². The molecule has 1 aliphatic rings. The number of alkyl halides is 3. The van der Waals surface area contributed by atoms with E-state index in [1.165, 1.54) is 30.3 Å². The Morgan fingerprint density at radius 1 is 0.877 bits per heavy atom. The summed E-state index contributed by atoms with van der Waals surface area (Å²) in [5.74, 6) is -3.90. The van der Waals surface area contributed by atoms with E-state index in [0.717, 1.165) is 17.0 Å². The van der Waals surface area contributed by atoms with Crippen molar-refractivity contribution in [1.29, 1.82) is 0 Å². The fourth-order valence-corrected chi connectivity index (χ4v) is 7.47. The van der Waals surface area contributed by atoms with E-state index >= 15 is 0 Å². The second-order valence-electron chi connectivity index (χ2n) is 15.0. The minimum Gasteiger partial charge on any atom is -0.358 e. The fraction of sp³-hybridized carbons (Fsp3) is 0.372. The molecule has 0 saturated carbocycles. The summed E-state index contributed by atoms with van der Waals surface area (Å²) in [6.45, 7) is 7.26. The largest absolute Gasteiger partial charge is 0.418 e. The molecule has 6 rings (SSSR count). The highest BCUT2D eigenvalue weighted by atomic mass is 19.4. The van der Waals surface area contributed by atoms with Crippen LogP contribution in [0.5, 0.6) is 0 Å². The quantitative estimate of drug-likeness (QED) is 0.0805. The number of carbonyl (C=O) groups is 4. The van der Waals surface area contributed by atoms with Gasteiger partial charge in [0, 0.05) is 34.8 Å². The van der Waals surface area contributed by atoms with Crippen molar-refractivity contribution in [3.63, 3.8) is 0 Å². The summed E-state index contributed by atoms with van der Waals surface area (Å²) in [5, 5.41) is 12.5. The fourth-order valence-electron chi connectivity index (χ4n) is 7.47. The first-order valence-electron chi connectivity index (χ1n) is 19.1. The molecule has 0 bridgehead atoms. The van der Waals surface area contributed by atoms with Gasteiger partial charge in [0.15, 0.2) is 0 Å². The van der Waals surface area contributed by atoms with E-state index in [2.05, 4.69) is 31.2 Å². The van der Waals surface area contributed by atoms with Crippen molar-refractivity contribution in [3.05, 3.63) is 107 Å². The zero-order chi connectivity index (χ0) is 41.1. The van der Waals surface area contributed by atoms with Crippen molar-refractivity contribution in [3.8, 4) is 0 Å². The molecule has 300 valence electrons. The van der Waals surface area contributed by atoms with E-state index in [-0.39, 0.29) is 48.1 Å². The number of aryl methyl sites for hydroxylation is 1. The predicted molar refractivity (Wildman–Crippen MR) is 209 cm³/mol. The van der Waals surface area contributed by atoms with Gasteiger partial charge in [0.2, 0.25) is 23.6 Å². The second kappa shape index (κ2) is 16.7. The molecule has 0 fully saturated rings. The minimum atomic E-state index is -4.65. The first kappa shape index (κ1) is 40.9. The molecule has 0 radical (unpaired) electrons. The monoisotopic (exact) mass is 786 g/mol. The third kappa shape index (κ3) is 8.79. The highest BCUT2D eigenvalue weighted by Gasteiger charge is 2.47. The number of para-hydroxylation sites is 1. The van der Waals surface area contributed by atoms with Gasteiger partial charge in [-0.25, -0.2) is 4.39 Å². The average molecular weight is 787 g/mol. The van der Waals surface area contributed by atoms with Crippen molar-refractivity contribution >= 4 is 51.1 Å². The minimum absolute atomic E-state index is 0.0331. The second-order valence-corrected chi connectivity index (χ2v) is 15.0. The van der Waals surface area contributed by atoms with Crippen molar-refractivity contribution in [2.45, 2.75) is 90.0 Å². The molecule has 5 aromatic rings. The summed E-state index contributed by atoms with van der Waals surface area (Å²) >= 11 is 0. The van der Waals surface area contributed by atoms with Crippen LogP contribution in [0.15, 0.2) is 79.0 Å². The molecule has 14 heteroatoms. The van der Waals surface area contributed by atoms with Crippen LogP contribution in [0.4, 0.5) is 23.2 Å². The number of fused-ring (bicyclic) bond motifs is 4. The Morgan fingerprint density at radius 2 is 1.60 bits per heavy atom. The summed E-state index contributed by atoms with van der Waals surface area (Å²) < 4.78 is 56.8. The lowest BCUT2D eigenvalue weighted by molar-refractivity contribution is -0.138. The predicted octanol–water partition coefficient (Wildman–Crippen LogP) is 7.16. The van der Waals surface area contributed by atoms with Crippen molar-refractivity contribution in [2.24, 2.45) is 11.8 Å². The van der Waals surface area contributed by atoms with Crippen LogP contribution >= 0.6 is 0 Å². The summed E-state index contributed by atoms with van der Waals surface area (Å²) in [6, 6.07) is 16.2. The zero-order valence-electron chi connectivity index (χ0n) is 32.1. The average Bonchev–Trinajstić information content (AvgIpc) is 3.56. The highest BCUT2D eigenvalue weighted by Crippen LogP contribution is 2.40. The number of pyridine rings is 1. The first-order valence-corrected chi connectivity index (χ1v) is 19.1. The highest BCUT2D eigenvalue weighted by molar-refractivity contribution is 6.02. The van der Waals surface area contributed by atoms with Gasteiger partial charge in [-0.1, -0.05) is 76.9 Å². The normalized spacial score (nSPS) is 17.5. The number of nitrogens with one attached hydrogen (secondary N) is 5. The molecule has 0 aliphatic heterocycles. The van der Waals surface area contributed by atoms with Crippen LogP contribution in [0.1, 0.15) is 69.3 Å². The SMILES string of the molecule is CCC(C)[C@H](NC(=O)Cc1ccccc1F)C(=O)N[C@]1(C(=O)N[C@H](C(=O)Nc2ccc3ncccc3c2)C(C)CC)CCc2[nH]c3c(C(F)(F)F)cccc3c2C1. The molecule has 2 heterocycles. The number of benzene rings is 3. The van der Waals surface area contributed by atoms with E-state index in [0.29, 0.717) is 29.8 Å². The molecule has 57 heavy (non-hydrogen) atoms. The maximum atomic E-state index is 14.8. The third-order valence-corrected chi connectivity index (χ3v) is 11.2. The summed E-state index contributed by atoms with van der Waals surface area (Å²) in [4.78, 5) is 63.7. The molecular formula is C43H46F4N6O4. The maximum Gasteiger partial charge on any atom is 0.418 e. The first-order chi connectivity index (χ1) is 27.1. The lowest BCUT2D eigenvalue weighted by Gasteiger charge is -2.39. The van der Waals surface area contributed by atoms with Gasteiger partial charge in [0.1, 0.15) is 23.4 Å². The van der Waals surface area contributed by atoms with Crippen molar-refractivity contribution < 1.29 is 36.7 Å². The number of carbonyl (C=O) groups excluding carboxylic acids is 4. The number of nitrogens with zero attached hydrogens (tertiary/aromatic N) is 1. The standard InChI is InChI=1S/C43H46F4N6O4/c1-5-24(3)36(39(55)49-28-16-17-33-27(21-28)12-10-20-48-33)52-41(57)42(19-18-34-30(23-42)29-13-9-14-31(38(29)50-34)43(45,46)47)53-40(56)37(25(4)6-2)51-35(54)22-26-11-7-8-15-32(26)44/h7-17,20-21,24-25,36-37,50H,5-6,18-19,22-23H2,1-4H3,(H,49,55)(H,51,54)(H,52,57)(H,53,56)/t24?,25?,36-,37-,42+/m0/s1. The van der Waals surface area contributed by atoms with Crippen LogP contribution in [-0.2, 0) is 44.6 Å². The van der Waals surface area contributed by atoms with Crippen LogP contribution in [0, 0.1) is 17.7 Å². The number of H-pyrrole nitrogens is 1. The number of hydrogen-bond donors (Lipinski definition) is 5. The Balaban J connectivity index is 1.34. The van der Waals surface area contributed by atoms with Gasteiger partial charge in [-0.2, -0.15) is 13.2 Å². The van der Waals surface area contributed by atoms with Gasteiger partial charge >= 0.3 is 6.18 Å². The summed E-state index contributed by atoms with van der Waals surface area (Å²) in [6.07, 6.45) is -2.53. The third-order valence-electron chi connectivity index (χ3n) is 11.2. The Kier molecular flexibility index (Phi) is 12.0. The van der Waals surface area contributed by atoms with Gasteiger partial charge in [0.05, 0.1) is 23.0 Å². The number of halogens is 4. The molecule has 5 N–H and O–H groups in total. The van der Waals surface area contributed by atoms with Crippen LogP contribution in [0.25, 0.3) is 21.8 Å². The van der Waals surface area contributed by atoms with Crippen LogP contribution in [-0.4, -0.2) is 51.2 Å². The molecule has 1 aliphatic carbocycles. The molecule has 0 spiro atoms. The molecule has 3 aromatic carbocycles. The summed E-state index contributed by atoms with van der Waals surface area (Å²) in [5.41, 5.74) is -0.463. The summed E-state index contributed by atoms with van der Waals surface area (Å²) in [7, 11) is 0. The molecule has 4 amide bonds. The number of rotatable bonds is 13. The smallest absolute Gasteiger partial charge is 0.358 e. The number of anilines is 1. The maximum absolute atomic E-state index is 14.8. The van der Waals surface area contributed by atoms with Crippen molar-refractivity contribution in [2.75, 3.05) is 5.32 Å². The van der Waals surface area contributed by atoms with Crippen LogP contribution < -0.4 is 21.3 Å². The molecule has 0 saturated heterocycles. The Labute approximate surface area is 327 Å². The number of aromatic nitrogens is 2. The van der Waals surface area contributed by atoms with E-state index in [4.69, 9.17) is 0 Å². The lowest BCUT2D eigenvalue weighted by atomic mass is 9.78. The molecule has 5 atom stereocenters. The Morgan fingerprint density at radius 3 is 2.30 bits per heavy atom. The van der Waals surface area contributed by atoms with E-state index < -0.39 is 64.7 Å². The van der Waals surface area contributed by atoms with Gasteiger partial charge in [-0.3, -0.25) is 24.2 Å². The van der Waals surface area contributed by atoms with Crippen molar-refractivity contribution in [1.82, 2.24) is 25.9 Å². The van der Waals surface area contributed by atoms with Gasteiger partial charge in [-0.05, 0) is 72.2 Å². The van der Waals surface area contributed by atoms with E-state index in [1.807, 2.05) is 26.8 Å². The van der Waals surface area contributed by atoms with Gasteiger partial charge in [-0.15, -0.1) is 0 Å². The molecule has 2 aromatic heterocycles. The molecule has 2 unspecified atom stereocenters. The molecule has 10 nitrogen and oxygen atoms in total. The van der Waals surface area contributed by atoms with Crippen LogP contribution in [0.2, 0.25) is 0 Å². The molecular weight excluding hydrogens is 741 g/mol. The number of amides is 4. The number of aromatic amines is 1. The van der Waals surface area contributed by atoms with E-state index in [1.54, 1.807) is 43.5 Å². The van der Waals surface area contributed by atoms with Gasteiger partial charge in [0.25, 0.3) is 0 Å². The Bertz CT molecular complexity index is 2310. The van der Waals surface area contributed by atoms with Crippen LogP contribution in [0.3, 0.4) is 0 Å². The number of hydrogen-bond acceptors (Lipinski definition) is 5.